The first-order chi connectivity index (χ1) is 18.0. The molecule has 0 radical (unpaired) electrons. The van der Waals surface area contributed by atoms with E-state index in [1.165, 1.54) is 43.6 Å². The van der Waals surface area contributed by atoms with Gasteiger partial charge in [0.1, 0.15) is 5.82 Å². The highest BCUT2D eigenvalue weighted by atomic mass is 19.1. The minimum atomic E-state index is -0.296. The highest BCUT2D eigenvalue weighted by molar-refractivity contribution is 5.78. The largest absolute Gasteiger partial charge is 0.352 e. The van der Waals surface area contributed by atoms with Crippen molar-refractivity contribution in [1.29, 1.82) is 0 Å². The van der Waals surface area contributed by atoms with E-state index in [4.69, 9.17) is 4.52 Å². The lowest BCUT2D eigenvalue weighted by Gasteiger charge is -2.31. The van der Waals surface area contributed by atoms with Gasteiger partial charge in [-0.05, 0) is 86.6 Å². The number of aromatic nitrogens is 2. The summed E-state index contributed by atoms with van der Waals surface area (Å²) in [5.41, 5.74) is 3.19. The van der Waals surface area contributed by atoms with Crippen molar-refractivity contribution in [2.45, 2.75) is 52.2 Å². The average Bonchev–Trinajstić information content (AvgIpc) is 3.37. The van der Waals surface area contributed by atoms with Crippen molar-refractivity contribution < 1.29 is 13.7 Å². The Morgan fingerprint density at radius 1 is 1.03 bits per heavy atom. The number of benzene rings is 2. The molecule has 8 heteroatoms. The summed E-state index contributed by atoms with van der Waals surface area (Å²) < 4.78 is 18.5. The van der Waals surface area contributed by atoms with Crippen LogP contribution in [0.3, 0.4) is 0 Å². The van der Waals surface area contributed by atoms with Gasteiger partial charge in [-0.1, -0.05) is 36.3 Å². The van der Waals surface area contributed by atoms with Crippen LogP contribution in [0.15, 0.2) is 53.1 Å². The summed E-state index contributed by atoms with van der Waals surface area (Å²) in [5.74, 6) is 1.61. The molecule has 0 saturated carbocycles. The zero-order valence-corrected chi connectivity index (χ0v) is 21.5. The predicted molar refractivity (Wildman–Crippen MR) is 140 cm³/mol. The minimum absolute atomic E-state index is 0.0201. The van der Waals surface area contributed by atoms with Gasteiger partial charge in [0, 0.05) is 31.1 Å². The molecule has 3 heterocycles. The topological polar surface area (TPSA) is 74.5 Å². The fraction of sp³-hybridized carbons (Fsp3) is 0.483. The van der Waals surface area contributed by atoms with E-state index in [1.54, 1.807) is 12.1 Å². The van der Waals surface area contributed by atoms with Crippen molar-refractivity contribution >= 4 is 5.91 Å². The molecule has 5 rings (SSSR count). The molecule has 2 fully saturated rings. The van der Waals surface area contributed by atoms with Gasteiger partial charge in [-0.3, -0.25) is 14.6 Å². The van der Waals surface area contributed by atoms with Crippen LogP contribution in [0.2, 0.25) is 0 Å². The number of amides is 1. The van der Waals surface area contributed by atoms with Crippen LogP contribution in [-0.2, 0) is 24.4 Å². The lowest BCUT2D eigenvalue weighted by atomic mass is 9.95. The molecule has 7 nitrogen and oxygen atoms in total. The number of rotatable bonds is 8. The van der Waals surface area contributed by atoms with Crippen LogP contribution in [0.4, 0.5) is 4.39 Å². The highest BCUT2D eigenvalue weighted by Crippen LogP contribution is 2.22. The standard InChI is InChI=1S/C29H36FN5O2/c1-21-4-3-13-35(18-21)19-23-6-2-5-22(16-23)17-31-29(36)25-11-14-34(15-12-25)20-27-32-28(33-37-27)24-7-9-26(30)10-8-24/h2,5-10,16,21,25H,3-4,11-15,17-20H2,1H3,(H,31,36). The fourth-order valence-electron chi connectivity index (χ4n) is 5.44. The molecule has 2 aliphatic rings. The Morgan fingerprint density at radius 3 is 2.59 bits per heavy atom. The number of nitrogens with zero attached hydrogens (tertiary/aromatic N) is 4. The molecule has 1 atom stereocenters. The lowest BCUT2D eigenvalue weighted by molar-refractivity contribution is -0.126. The lowest BCUT2D eigenvalue weighted by Crippen LogP contribution is -2.40. The summed E-state index contributed by atoms with van der Waals surface area (Å²) >= 11 is 0. The fourth-order valence-corrected chi connectivity index (χ4v) is 5.44. The van der Waals surface area contributed by atoms with Crippen LogP contribution in [0.5, 0.6) is 0 Å². The van der Waals surface area contributed by atoms with Gasteiger partial charge in [-0.25, -0.2) is 4.39 Å². The maximum Gasteiger partial charge on any atom is 0.241 e. The molecule has 3 aromatic rings. The van der Waals surface area contributed by atoms with Gasteiger partial charge in [-0.2, -0.15) is 4.98 Å². The number of hydrogen-bond acceptors (Lipinski definition) is 6. The molecule has 0 spiro atoms. The van der Waals surface area contributed by atoms with Crippen LogP contribution < -0.4 is 5.32 Å². The van der Waals surface area contributed by atoms with E-state index in [1.807, 2.05) is 0 Å². The normalized spacial score (nSPS) is 19.7. The molecule has 1 amide bonds. The first kappa shape index (κ1) is 25.5. The molecule has 2 aromatic carbocycles. The van der Waals surface area contributed by atoms with Crippen LogP contribution in [-0.4, -0.2) is 52.0 Å². The Hall–Kier alpha value is -3.10. The van der Waals surface area contributed by atoms with Crippen molar-refractivity contribution in [3.05, 3.63) is 71.4 Å². The van der Waals surface area contributed by atoms with Gasteiger partial charge < -0.3 is 9.84 Å². The van der Waals surface area contributed by atoms with Gasteiger partial charge in [0.25, 0.3) is 0 Å². The first-order valence-electron chi connectivity index (χ1n) is 13.4. The summed E-state index contributed by atoms with van der Waals surface area (Å²) in [6, 6.07) is 14.7. The van der Waals surface area contributed by atoms with E-state index in [0.717, 1.165) is 49.5 Å². The average molecular weight is 506 g/mol. The van der Waals surface area contributed by atoms with Gasteiger partial charge in [0.05, 0.1) is 6.54 Å². The molecular weight excluding hydrogens is 469 g/mol. The summed E-state index contributed by atoms with van der Waals surface area (Å²) in [6.07, 6.45) is 4.22. The second kappa shape index (κ2) is 12.0. The zero-order valence-electron chi connectivity index (χ0n) is 21.5. The zero-order chi connectivity index (χ0) is 25.6. The quantitative estimate of drug-likeness (QED) is 0.481. The summed E-state index contributed by atoms with van der Waals surface area (Å²) in [4.78, 5) is 22.1. The van der Waals surface area contributed by atoms with Crippen LogP contribution in [0, 0.1) is 17.7 Å². The smallest absolute Gasteiger partial charge is 0.241 e. The van der Waals surface area contributed by atoms with E-state index in [9.17, 15) is 9.18 Å². The monoisotopic (exact) mass is 505 g/mol. The molecular formula is C29H36FN5O2. The van der Waals surface area contributed by atoms with E-state index in [-0.39, 0.29) is 17.6 Å². The predicted octanol–water partition coefficient (Wildman–Crippen LogP) is 4.64. The van der Waals surface area contributed by atoms with E-state index >= 15 is 0 Å². The van der Waals surface area contributed by atoms with Gasteiger partial charge in [-0.15, -0.1) is 0 Å². The number of carbonyl (C=O) groups excluding carboxylic acids is 1. The van der Waals surface area contributed by atoms with Crippen molar-refractivity contribution in [1.82, 2.24) is 25.3 Å². The number of carbonyl (C=O) groups is 1. The second-order valence-electron chi connectivity index (χ2n) is 10.6. The third-order valence-corrected chi connectivity index (χ3v) is 7.49. The summed E-state index contributed by atoms with van der Waals surface area (Å²) in [7, 11) is 0. The van der Waals surface area contributed by atoms with Crippen molar-refractivity contribution in [3.8, 4) is 11.4 Å². The molecule has 1 aromatic heterocycles. The molecule has 2 saturated heterocycles. The van der Waals surface area contributed by atoms with E-state index in [0.29, 0.717) is 24.8 Å². The Labute approximate surface area is 218 Å². The molecule has 196 valence electrons. The number of hydrogen-bond donors (Lipinski definition) is 1. The number of halogens is 1. The Kier molecular flexibility index (Phi) is 8.26. The Bertz CT molecular complexity index is 1170. The van der Waals surface area contributed by atoms with E-state index < -0.39 is 0 Å². The van der Waals surface area contributed by atoms with Crippen molar-refractivity contribution in [2.75, 3.05) is 26.2 Å². The van der Waals surface area contributed by atoms with Crippen molar-refractivity contribution in [3.63, 3.8) is 0 Å². The SMILES string of the molecule is CC1CCCN(Cc2cccc(CNC(=O)C3CCN(Cc4nc(-c5ccc(F)cc5)no4)CC3)c2)C1. The highest BCUT2D eigenvalue weighted by Gasteiger charge is 2.26. The summed E-state index contributed by atoms with van der Waals surface area (Å²) in [5, 5.41) is 7.18. The maximum atomic E-state index is 13.1. The Morgan fingerprint density at radius 2 is 1.81 bits per heavy atom. The third-order valence-electron chi connectivity index (χ3n) is 7.49. The number of nitrogens with one attached hydrogen (secondary N) is 1. The summed E-state index contributed by atoms with van der Waals surface area (Å²) in [6.45, 7) is 8.37. The maximum absolute atomic E-state index is 13.1. The molecule has 2 aliphatic heterocycles. The minimum Gasteiger partial charge on any atom is -0.352 e. The molecule has 0 aliphatic carbocycles. The van der Waals surface area contributed by atoms with Crippen LogP contribution in [0.1, 0.15) is 49.6 Å². The molecule has 0 bridgehead atoms. The van der Waals surface area contributed by atoms with Gasteiger partial charge in [0.2, 0.25) is 17.6 Å². The van der Waals surface area contributed by atoms with Crippen molar-refractivity contribution in [2.24, 2.45) is 11.8 Å². The molecule has 37 heavy (non-hydrogen) atoms. The van der Waals surface area contributed by atoms with E-state index in [2.05, 4.69) is 56.4 Å². The van der Waals surface area contributed by atoms with Crippen LogP contribution >= 0.6 is 0 Å². The molecule has 1 N–H and O–H groups in total. The molecule has 1 unspecified atom stereocenters. The second-order valence-corrected chi connectivity index (χ2v) is 10.6. The Balaban J connectivity index is 1.06. The van der Waals surface area contributed by atoms with Crippen LogP contribution in [0.25, 0.3) is 11.4 Å². The third kappa shape index (κ3) is 7.02. The first-order valence-corrected chi connectivity index (χ1v) is 13.4. The number of likely N-dealkylation sites (tertiary alicyclic amines) is 2. The van der Waals surface area contributed by atoms with Gasteiger partial charge in [0.15, 0.2) is 0 Å². The number of piperidine rings is 2. The van der Waals surface area contributed by atoms with Gasteiger partial charge >= 0.3 is 0 Å².